The Morgan fingerprint density at radius 2 is 2.28 bits per heavy atom. The summed E-state index contributed by atoms with van der Waals surface area (Å²) in [6, 6.07) is 1.55. The van der Waals surface area contributed by atoms with E-state index in [1.54, 1.807) is 6.07 Å². The molecule has 0 aliphatic heterocycles. The third-order valence-electron chi connectivity index (χ3n) is 1.99. The number of aromatic nitrogens is 2. The molecule has 100 valence electrons. The number of nitrogens with one attached hydrogen (secondary N) is 1. The molecule has 0 spiro atoms. The van der Waals surface area contributed by atoms with Crippen LogP contribution in [0.2, 0.25) is 0 Å². The van der Waals surface area contributed by atoms with Crippen LogP contribution in [0.5, 0.6) is 0 Å². The number of carboxylic acids is 1. The number of carboxylic acid groups (broad SMARTS) is 1. The van der Waals surface area contributed by atoms with E-state index in [-0.39, 0.29) is 25.0 Å². The Bertz CT molecular complexity index is 414. The van der Waals surface area contributed by atoms with E-state index >= 15 is 0 Å². The number of hydrogen-bond acceptors (Lipinski definition) is 4. The summed E-state index contributed by atoms with van der Waals surface area (Å²) in [6.07, 6.45) is 1.82. The van der Waals surface area contributed by atoms with Crippen molar-refractivity contribution in [1.82, 2.24) is 9.78 Å². The van der Waals surface area contributed by atoms with E-state index in [1.165, 1.54) is 10.9 Å². The van der Waals surface area contributed by atoms with Crippen LogP contribution >= 0.6 is 0 Å². The van der Waals surface area contributed by atoms with Crippen molar-refractivity contribution in [3.63, 3.8) is 0 Å². The van der Waals surface area contributed by atoms with E-state index in [4.69, 9.17) is 9.84 Å². The Morgan fingerprint density at radius 1 is 1.56 bits per heavy atom. The molecule has 7 heteroatoms. The lowest BCUT2D eigenvalue weighted by atomic mass is 10.4. The van der Waals surface area contributed by atoms with E-state index < -0.39 is 5.97 Å². The molecule has 0 radical (unpaired) electrons. The molecule has 1 heterocycles. The maximum absolute atomic E-state index is 11.5. The van der Waals surface area contributed by atoms with Gasteiger partial charge in [0.25, 0.3) is 0 Å². The lowest BCUT2D eigenvalue weighted by Gasteiger charge is -2.06. The Kier molecular flexibility index (Phi) is 5.31. The Hall–Kier alpha value is -1.89. The number of carbonyl (C=O) groups excluding carboxylic acids is 1. The molecule has 1 aromatic heterocycles. The third kappa shape index (κ3) is 5.44. The van der Waals surface area contributed by atoms with Crippen LogP contribution in [0.25, 0.3) is 0 Å². The number of nitrogens with zero attached hydrogens (tertiary/aromatic N) is 2. The predicted octanol–water partition coefficient (Wildman–Crippen LogP) is 0.721. The number of aliphatic carboxylic acids is 1. The van der Waals surface area contributed by atoms with Gasteiger partial charge in [-0.3, -0.25) is 14.3 Å². The lowest BCUT2D eigenvalue weighted by molar-refractivity contribution is -0.137. The molecule has 0 aromatic carbocycles. The lowest BCUT2D eigenvalue weighted by Crippen LogP contribution is -2.16. The summed E-state index contributed by atoms with van der Waals surface area (Å²) in [4.78, 5) is 21.9. The molecule has 0 fully saturated rings. The van der Waals surface area contributed by atoms with E-state index in [1.807, 2.05) is 13.8 Å². The minimum Gasteiger partial charge on any atom is -0.480 e. The van der Waals surface area contributed by atoms with Gasteiger partial charge in [0, 0.05) is 12.3 Å². The minimum atomic E-state index is -0.985. The molecule has 1 rings (SSSR count). The van der Waals surface area contributed by atoms with Gasteiger partial charge in [-0.2, -0.15) is 5.10 Å². The van der Waals surface area contributed by atoms with Gasteiger partial charge in [-0.25, -0.2) is 0 Å². The Morgan fingerprint density at radius 3 is 2.89 bits per heavy atom. The van der Waals surface area contributed by atoms with Crippen LogP contribution in [0.3, 0.4) is 0 Å². The van der Waals surface area contributed by atoms with Gasteiger partial charge in [0.2, 0.25) is 5.91 Å². The van der Waals surface area contributed by atoms with Crippen molar-refractivity contribution in [3.8, 4) is 0 Å². The summed E-state index contributed by atoms with van der Waals surface area (Å²) >= 11 is 0. The highest BCUT2D eigenvalue weighted by molar-refractivity contribution is 5.89. The van der Waals surface area contributed by atoms with Gasteiger partial charge in [-0.1, -0.05) is 0 Å². The monoisotopic (exact) mass is 255 g/mol. The molecule has 0 bridgehead atoms. The molecule has 0 unspecified atom stereocenters. The summed E-state index contributed by atoms with van der Waals surface area (Å²) in [7, 11) is 0. The summed E-state index contributed by atoms with van der Waals surface area (Å²) in [6.45, 7) is 3.91. The Balaban J connectivity index is 2.35. The first-order chi connectivity index (χ1) is 8.47. The average Bonchev–Trinajstić information content (AvgIpc) is 2.63. The highest BCUT2D eigenvalue weighted by Gasteiger charge is 2.07. The van der Waals surface area contributed by atoms with Crippen LogP contribution in [-0.4, -0.2) is 39.5 Å². The maximum Gasteiger partial charge on any atom is 0.325 e. The fourth-order valence-corrected chi connectivity index (χ4v) is 1.25. The molecule has 0 aliphatic rings. The maximum atomic E-state index is 11.5. The molecule has 0 saturated carbocycles. The van der Waals surface area contributed by atoms with Crippen molar-refractivity contribution >= 4 is 17.7 Å². The largest absolute Gasteiger partial charge is 0.480 e. The van der Waals surface area contributed by atoms with Crippen LogP contribution in [0.1, 0.15) is 20.3 Å². The van der Waals surface area contributed by atoms with Crippen molar-refractivity contribution in [1.29, 1.82) is 0 Å². The minimum absolute atomic E-state index is 0.0903. The zero-order chi connectivity index (χ0) is 13.5. The molecule has 1 amide bonds. The molecule has 2 N–H and O–H groups in total. The zero-order valence-corrected chi connectivity index (χ0v) is 10.4. The van der Waals surface area contributed by atoms with Crippen LogP contribution < -0.4 is 5.32 Å². The smallest absolute Gasteiger partial charge is 0.325 e. The van der Waals surface area contributed by atoms with Gasteiger partial charge in [-0.15, -0.1) is 0 Å². The standard InChI is InChI=1S/C11H17N3O4/c1-8(2)18-6-4-10(15)12-9-3-5-14(13-9)7-11(16)17/h3,5,8H,4,6-7H2,1-2H3,(H,16,17)(H,12,13,15). The van der Waals surface area contributed by atoms with Crippen LogP contribution in [0, 0.1) is 0 Å². The molecule has 18 heavy (non-hydrogen) atoms. The summed E-state index contributed by atoms with van der Waals surface area (Å²) in [5.41, 5.74) is 0. The van der Waals surface area contributed by atoms with E-state index in [9.17, 15) is 9.59 Å². The Labute approximate surface area is 105 Å². The first kappa shape index (κ1) is 14.2. The molecular weight excluding hydrogens is 238 g/mol. The topological polar surface area (TPSA) is 93.5 Å². The number of hydrogen-bond donors (Lipinski definition) is 2. The third-order valence-corrected chi connectivity index (χ3v) is 1.99. The van der Waals surface area contributed by atoms with Gasteiger partial charge in [0.15, 0.2) is 5.82 Å². The number of ether oxygens (including phenoxy) is 1. The van der Waals surface area contributed by atoms with Crippen molar-refractivity contribution in [2.75, 3.05) is 11.9 Å². The van der Waals surface area contributed by atoms with Gasteiger partial charge >= 0.3 is 5.97 Å². The number of rotatable bonds is 7. The van der Waals surface area contributed by atoms with E-state index in [2.05, 4.69) is 10.4 Å². The highest BCUT2D eigenvalue weighted by atomic mass is 16.5. The molecule has 7 nitrogen and oxygen atoms in total. The van der Waals surface area contributed by atoms with Crippen molar-refractivity contribution < 1.29 is 19.4 Å². The van der Waals surface area contributed by atoms with Gasteiger partial charge in [0.05, 0.1) is 19.1 Å². The molecule has 1 aromatic rings. The number of carbonyl (C=O) groups is 2. The second kappa shape index (κ2) is 6.75. The van der Waals surface area contributed by atoms with Crippen molar-refractivity contribution in [2.45, 2.75) is 32.9 Å². The second-order valence-electron chi connectivity index (χ2n) is 4.01. The molecule has 0 atom stereocenters. The first-order valence-electron chi connectivity index (χ1n) is 5.64. The van der Waals surface area contributed by atoms with E-state index in [0.717, 1.165) is 0 Å². The molecular formula is C11H17N3O4. The summed E-state index contributed by atoms with van der Waals surface area (Å²) in [5, 5.41) is 15.0. The fraction of sp³-hybridized carbons (Fsp3) is 0.545. The molecule has 0 saturated heterocycles. The zero-order valence-electron chi connectivity index (χ0n) is 10.4. The second-order valence-corrected chi connectivity index (χ2v) is 4.01. The first-order valence-corrected chi connectivity index (χ1v) is 5.64. The average molecular weight is 255 g/mol. The van der Waals surface area contributed by atoms with Crippen molar-refractivity contribution in [2.24, 2.45) is 0 Å². The summed E-state index contributed by atoms with van der Waals surface area (Å²) in [5.74, 6) is -0.858. The van der Waals surface area contributed by atoms with Crippen LogP contribution in [0.15, 0.2) is 12.3 Å². The van der Waals surface area contributed by atoms with Gasteiger partial charge in [0.1, 0.15) is 6.54 Å². The normalized spacial score (nSPS) is 10.6. The fourth-order valence-electron chi connectivity index (χ4n) is 1.25. The van der Waals surface area contributed by atoms with Gasteiger partial charge < -0.3 is 15.2 Å². The van der Waals surface area contributed by atoms with Crippen LogP contribution in [0.4, 0.5) is 5.82 Å². The summed E-state index contributed by atoms with van der Waals surface area (Å²) < 4.78 is 6.48. The number of anilines is 1. The number of amides is 1. The van der Waals surface area contributed by atoms with E-state index in [0.29, 0.717) is 12.4 Å². The SMILES string of the molecule is CC(C)OCCC(=O)Nc1ccn(CC(=O)O)n1. The van der Waals surface area contributed by atoms with Crippen LogP contribution in [-0.2, 0) is 20.9 Å². The predicted molar refractivity (Wildman–Crippen MR) is 64.2 cm³/mol. The highest BCUT2D eigenvalue weighted by Crippen LogP contribution is 2.03. The van der Waals surface area contributed by atoms with Gasteiger partial charge in [-0.05, 0) is 13.8 Å². The molecule has 0 aliphatic carbocycles. The quantitative estimate of drug-likeness (QED) is 0.748. The van der Waals surface area contributed by atoms with Crippen molar-refractivity contribution in [3.05, 3.63) is 12.3 Å².